The molecular formula is C24H23IO2. The van der Waals surface area contributed by atoms with E-state index < -0.39 is 5.60 Å². The predicted octanol–water partition coefficient (Wildman–Crippen LogP) is 5.59. The minimum absolute atomic E-state index is 0.217. The van der Waals surface area contributed by atoms with E-state index in [1.165, 1.54) is 0 Å². The Morgan fingerprint density at radius 3 is 1.56 bits per heavy atom. The number of hydrogen-bond donors (Lipinski definition) is 0. The lowest BCUT2D eigenvalue weighted by Gasteiger charge is -2.36. The van der Waals surface area contributed by atoms with Crippen LogP contribution in [0.3, 0.4) is 0 Å². The molecule has 0 N–H and O–H groups in total. The summed E-state index contributed by atoms with van der Waals surface area (Å²) in [6, 6.07) is 31.4. The SMILES string of the molecule is C[C@@]1(COC(c2ccccc2)(c2ccccc2)c2ccccc2)O[C@H]1CI. The first-order valence-electron chi connectivity index (χ1n) is 9.23. The second kappa shape index (κ2) is 7.74. The number of rotatable bonds is 7. The molecule has 0 aliphatic carbocycles. The van der Waals surface area contributed by atoms with Crippen LogP contribution in [0.4, 0.5) is 0 Å². The molecule has 0 amide bonds. The largest absolute Gasteiger partial charge is 0.363 e. The van der Waals surface area contributed by atoms with Crippen LogP contribution >= 0.6 is 22.6 Å². The third-order valence-electron chi connectivity index (χ3n) is 5.29. The van der Waals surface area contributed by atoms with E-state index in [-0.39, 0.29) is 11.7 Å². The molecule has 3 aromatic rings. The zero-order valence-electron chi connectivity index (χ0n) is 15.3. The molecule has 2 atom stereocenters. The van der Waals surface area contributed by atoms with Crippen LogP contribution < -0.4 is 0 Å². The highest BCUT2D eigenvalue weighted by atomic mass is 127. The van der Waals surface area contributed by atoms with Gasteiger partial charge in [-0.2, -0.15) is 0 Å². The molecule has 0 radical (unpaired) electrons. The van der Waals surface area contributed by atoms with Crippen LogP contribution in [-0.4, -0.2) is 22.7 Å². The number of hydrogen-bond acceptors (Lipinski definition) is 2. The molecule has 138 valence electrons. The fourth-order valence-corrected chi connectivity index (χ4v) is 4.74. The van der Waals surface area contributed by atoms with Crippen molar-refractivity contribution in [2.75, 3.05) is 11.0 Å². The number of benzene rings is 3. The summed E-state index contributed by atoms with van der Waals surface area (Å²) in [5.41, 5.74) is 2.48. The maximum Gasteiger partial charge on any atom is 0.143 e. The van der Waals surface area contributed by atoms with E-state index in [1.54, 1.807) is 0 Å². The van der Waals surface area contributed by atoms with Gasteiger partial charge in [0.2, 0.25) is 0 Å². The molecule has 0 spiro atoms. The molecule has 1 heterocycles. The Bertz CT molecular complexity index is 770. The molecule has 0 bridgehead atoms. The molecule has 2 nitrogen and oxygen atoms in total. The Morgan fingerprint density at radius 1 is 0.815 bits per heavy atom. The second-order valence-corrected chi connectivity index (χ2v) is 8.02. The summed E-state index contributed by atoms with van der Waals surface area (Å²) in [5, 5.41) is 0. The number of halogens is 1. The maximum absolute atomic E-state index is 6.82. The molecule has 0 aromatic heterocycles. The molecule has 4 rings (SSSR count). The van der Waals surface area contributed by atoms with Crippen molar-refractivity contribution in [3.63, 3.8) is 0 Å². The highest BCUT2D eigenvalue weighted by molar-refractivity contribution is 14.1. The fraction of sp³-hybridized carbons (Fsp3) is 0.250. The van der Waals surface area contributed by atoms with Crippen molar-refractivity contribution in [3.05, 3.63) is 108 Å². The first-order valence-corrected chi connectivity index (χ1v) is 10.8. The van der Waals surface area contributed by atoms with Crippen LogP contribution in [0.15, 0.2) is 91.0 Å². The van der Waals surface area contributed by atoms with Gasteiger partial charge in [0.15, 0.2) is 0 Å². The lowest BCUT2D eigenvalue weighted by atomic mass is 9.80. The van der Waals surface area contributed by atoms with Gasteiger partial charge in [-0.05, 0) is 23.6 Å². The lowest BCUT2D eigenvalue weighted by Crippen LogP contribution is -2.36. The average Bonchev–Trinajstić information content (AvgIpc) is 3.41. The van der Waals surface area contributed by atoms with Crippen molar-refractivity contribution < 1.29 is 9.47 Å². The monoisotopic (exact) mass is 470 g/mol. The number of epoxide rings is 1. The first kappa shape index (κ1) is 18.7. The summed E-state index contributed by atoms with van der Waals surface area (Å²) < 4.78 is 13.7. The molecule has 1 saturated heterocycles. The average molecular weight is 470 g/mol. The van der Waals surface area contributed by atoms with E-state index in [0.29, 0.717) is 6.61 Å². The summed E-state index contributed by atoms with van der Waals surface area (Å²) in [5.74, 6) is 0. The third-order valence-corrected chi connectivity index (χ3v) is 6.09. The van der Waals surface area contributed by atoms with Crippen molar-refractivity contribution >= 4 is 22.6 Å². The maximum atomic E-state index is 6.82. The highest BCUT2D eigenvalue weighted by Gasteiger charge is 2.53. The van der Waals surface area contributed by atoms with Crippen LogP contribution in [0.5, 0.6) is 0 Å². The minimum atomic E-state index is -0.672. The molecule has 1 fully saturated rings. The van der Waals surface area contributed by atoms with E-state index in [2.05, 4.69) is 102 Å². The third kappa shape index (κ3) is 3.56. The van der Waals surface area contributed by atoms with Gasteiger partial charge in [-0.3, -0.25) is 0 Å². The van der Waals surface area contributed by atoms with Crippen LogP contribution in [0.2, 0.25) is 0 Å². The van der Waals surface area contributed by atoms with Crippen molar-refractivity contribution in [2.24, 2.45) is 0 Å². The van der Waals surface area contributed by atoms with E-state index in [1.807, 2.05) is 18.2 Å². The van der Waals surface area contributed by atoms with Gasteiger partial charge in [-0.25, -0.2) is 0 Å². The molecule has 1 aliphatic rings. The zero-order chi connectivity index (χ0) is 18.7. The van der Waals surface area contributed by atoms with Gasteiger partial charge in [-0.1, -0.05) is 114 Å². The molecule has 3 heteroatoms. The molecule has 3 aromatic carbocycles. The molecular weight excluding hydrogens is 447 g/mol. The standard InChI is InChI=1S/C24H23IO2/c1-23(22(17-25)27-23)18-26-24(19-11-5-2-6-12-19,20-13-7-3-8-14-20)21-15-9-4-10-16-21/h2-16,22H,17-18H2,1H3/t22-,23-/m0/s1. The van der Waals surface area contributed by atoms with Gasteiger partial charge < -0.3 is 9.47 Å². The van der Waals surface area contributed by atoms with Crippen molar-refractivity contribution in [1.82, 2.24) is 0 Å². The topological polar surface area (TPSA) is 21.8 Å². The number of ether oxygens (including phenoxy) is 2. The second-order valence-electron chi connectivity index (χ2n) is 7.14. The number of alkyl halides is 1. The summed E-state index contributed by atoms with van der Waals surface area (Å²) in [6.07, 6.45) is 0.262. The summed E-state index contributed by atoms with van der Waals surface area (Å²) in [7, 11) is 0. The van der Waals surface area contributed by atoms with Gasteiger partial charge in [-0.15, -0.1) is 0 Å². The smallest absolute Gasteiger partial charge is 0.143 e. The molecule has 27 heavy (non-hydrogen) atoms. The van der Waals surface area contributed by atoms with Crippen LogP contribution in [0.25, 0.3) is 0 Å². The van der Waals surface area contributed by atoms with E-state index >= 15 is 0 Å². The van der Waals surface area contributed by atoms with Crippen LogP contribution in [0.1, 0.15) is 23.6 Å². The summed E-state index contributed by atoms with van der Waals surface area (Å²) in [4.78, 5) is 0. The van der Waals surface area contributed by atoms with Gasteiger partial charge in [0, 0.05) is 4.43 Å². The van der Waals surface area contributed by atoms with Crippen molar-refractivity contribution in [2.45, 2.75) is 24.2 Å². The summed E-state index contributed by atoms with van der Waals surface area (Å²) >= 11 is 2.38. The normalized spacial score (nSPS) is 21.8. The van der Waals surface area contributed by atoms with Gasteiger partial charge in [0.05, 0.1) is 12.7 Å². The van der Waals surface area contributed by atoms with Crippen LogP contribution in [-0.2, 0) is 15.1 Å². The predicted molar refractivity (Wildman–Crippen MR) is 117 cm³/mol. The lowest BCUT2D eigenvalue weighted by molar-refractivity contribution is -0.0136. The Balaban J connectivity index is 1.84. The minimum Gasteiger partial charge on any atom is -0.363 e. The van der Waals surface area contributed by atoms with Gasteiger partial charge in [0.1, 0.15) is 11.2 Å². The van der Waals surface area contributed by atoms with E-state index in [4.69, 9.17) is 9.47 Å². The zero-order valence-corrected chi connectivity index (χ0v) is 17.5. The molecule has 0 saturated carbocycles. The Kier molecular flexibility index (Phi) is 5.35. The van der Waals surface area contributed by atoms with E-state index in [0.717, 1.165) is 21.1 Å². The Morgan fingerprint density at radius 2 is 1.22 bits per heavy atom. The molecule has 1 aliphatic heterocycles. The van der Waals surface area contributed by atoms with Gasteiger partial charge in [0.25, 0.3) is 0 Å². The fourth-order valence-electron chi connectivity index (χ4n) is 3.63. The van der Waals surface area contributed by atoms with Crippen molar-refractivity contribution in [1.29, 1.82) is 0 Å². The first-order chi connectivity index (χ1) is 13.2. The highest BCUT2D eigenvalue weighted by Crippen LogP contribution is 2.44. The van der Waals surface area contributed by atoms with Crippen molar-refractivity contribution in [3.8, 4) is 0 Å². The Labute approximate surface area is 174 Å². The summed E-state index contributed by atoms with van der Waals surface area (Å²) in [6.45, 7) is 2.68. The van der Waals surface area contributed by atoms with Gasteiger partial charge >= 0.3 is 0 Å². The quantitative estimate of drug-likeness (QED) is 0.195. The Hall–Kier alpha value is -1.69. The molecule has 0 unspecified atom stereocenters. The van der Waals surface area contributed by atoms with E-state index in [9.17, 15) is 0 Å². The van der Waals surface area contributed by atoms with Crippen LogP contribution in [0, 0.1) is 0 Å².